The van der Waals surface area contributed by atoms with Gasteiger partial charge in [0.2, 0.25) is 0 Å². The second-order valence-corrected chi connectivity index (χ2v) is 33.3. The largest absolute Gasteiger partial charge is 0.472 e. The molecule has 4 N–H and O–H groups in total. The van der Waals surface area contributed by atoms with Crippen LogP contribution in [-0.4, -0.2) is 95.9 Å². The molecule has 0 aromatic rings. The van der Waals surface area contributed by atoms with Crippen LogP contribution in [0.15, 0.2) is 134 Å². The summed E-state index contributed by atoms with van der Waals surface area (Å²) in [5, 5.41) is 20.7. The molecule has 0 fully saturated rings. The number of phosphoric ester groups is 2. The Morgan fingerprint density at radius 2 is 0.469 bits per heavy atom. The van der Waals surface area contributed by atoms with Crippen LogP contribution in [0.4, 0.5) is 0 Å². The summed E-state index contributed by atoms with van der Waals surface area (Å²) < 4.78 is 61.4. The van der Waals surface area contributed by atoms with Crippen molar-refractivity contribution in [3.63, 3.8) is 0 Å². The Morgan fingerprint density at radius 3 is 0.743 bits per heavy atom. The number of rotatable bonds is 86. The maximum absolute atomic E-state index is 13.0. The van der Waals surface area contributed by atoms with E-state index < -0.39 is 91.5 Å². The first kappa shape index (κ1) is 109. The highest BCUT2D eigenvalue weighted by atomic mass is 31.2. The van der Waals surface area contributed by atoms with Crippen LogP contribution in [0.5, 0.6) is 0 Å². The second-order valence-electron chi connectivity index (χ2n) is 30.4. The number of aliphatic hydroxyl groups excluding tert-OH is 2. The number of allylic oxidation sites excluding steroid dienone is 22. The highest BCUT2D eigenvalue weighted by Gasteiger charge is 2.29. The molecule has 0 rings (SSSR count). The fraction of sp³-hybridized carbons (Fsp3) is 0.737. The fourth-order valence-electron chi connectivity index (χ4n) is 12.4. The smallest absolute Gasteiger partial charge is 0.463 e. The summed E-state index contributed by atoms with van der Waals surface area (Å²) >= 11 is 0. The van der Waals surface area contributed by atoms with E-state index in [9.17, 15) is 43.5 Å². The first-order valence-electron chi connectivity index (χ1n) is 45.5. The van der Waals surface area contributed by atoms with Gasteiger partial charge in [0.1, 0.15) is 25.4 Å². The SMILES string of the molecule is CC/C=C\C/C=C\C/C=C\C/C=C\C/C=C\CCCCCCCCCCCCCCCCCC(=O)OCC(O)COP(=O)(O)OCC(O)COP(=O)(O)OCC(COC(=O)CCCCCCCCCCCCCCCCC/C=C\C/C=C\C/C=C\C/C=C\CCCCC)OC(=O)CCCCCCC/C=C\C/C=C\CCCCC. The topological polar surface area (TPSA) is 231 Å². The van der Waals surface area contributed by atoms with Gasteiger partial charge in [-0.3, -0.25) is 32.5 Å². The summed E-state index contributed by atoms with van der Waals surface area (Å²) in [7, 11) is -9.80. The Balaban J connectivity index is 4.47. The average Bonchev–Trinajstić information content (AvgIpc) is 0.903. The van der Waals surface area contributed by atoms with E-state index in [1.165, 1.54) is 199 Å². The van der Waals surface area contributed by atoms with E-state index in [1.54, 1.807) is 0 Å². The monoisotopic (exact) mass is 1630 g/mol. The van der Waals surface area contributed by atoms with Crippen molar-refractivity contribution in [2.24, 2.45) is 0 Å². The van der Waals surface area contributed by atoms with Crippen molar-refractivity contribution in [3.05, 3.63) is 134 Å². The molecular formula is C95H166O16P2. The van der Waals surface area contributed by atoms with Gasteiger partial charge in [0.05, 0.1) is 26.4 Å². The average molecular weight is 1630 g/mol. The zero-order valence-electron chi connectivity index (χ0n) is 71.8. The molecule has 0 amide bonds. The zero-order valence-corrected chi connectivity index (χ0v) is 73.6. The van der Waals surface area contributed by atoms with E-state index in [0.29, 0.717) is 19.3 Å². The highest BCUT2D eigenvalue weighted by Crippen LogP contribution is 2.45. The minimum absolute atomic E-state index is 0.0886. The third kappa shape index (κ3) is 88.3. The molecule has 16 nitrogen and oxygen atoms in total. The van der Waals surface area contributed by atoms with Gasteiger partial charge in [0.15, 0.2) is 6.10 Å². The van der Waals surface area contributed by atoms with Crippen molar-refractivity contribution < 1.29 is 75.8 Å². The molecule has 0 bridgehead atoms. The lowest BCUT2D eigenvalue weighted by Crippen LogP contribution is -2.30. The molecule has 0 aliphatic heterocycles. The van der Waals surface area contributed by atoms with Gasteiger partial charge in [-0.05, 0) is 141 Å². The van der Waals surface area contributed by atoms with Crippen molar-refractivity contribution in [3.8, 4) is 0 Å². The van der Waals surface area contributed by atoms with Gasteiger partial charge in [-0.15, -0.1) is 0 Å². The standard InChI is InChI=1S/C95H166O16P2/c1-4-7-10-13-16-19-22-25-28-30-32-34-36-38-40-42-44-46-48-50-52-54-56-58-61-63-66-69-72-75-78-81-93(98)105-84-90(96)85-107-112(101,102)108-86-91(97)87-109-113(103,104)110-89-92(111-95(100)83-80-77-74-71-68-65-60-27-24-21-18-15-12-9-6-3)88-106-94(99)82-79-76-73-70-67-64-62-59-57-55-53-51-49-47-45-43-41-39-37-35-33-31-29-26-23-20-17-14-11-8-5-2/h7,10,16-21,25-29,32-35,38-41,60,90-92,96-97H,4-6,8-9,11-15,22-24,30-31,36-37,42-59,61-89H2,1-3H3,(H,101,102)(H,103,104)/b10-7-,19-16-,20-17-,21-18-,28-25-,29-26-,34-32-,35-33-,40-38-,41-39-,60-27-. The molecule has 652 valence electrons. The predicted octanol–water partition coefficient (Wildman–Crippen LogP) is 27.8. The number of carbonyl (C=O) groups excluding carboxylic acids is 3. The van der Waals surface area contributed by atoms with Crippen LogP contribution in [0, 0.1) is 0 Å². The molecule has 0 saturated carbocycles. The lowest BCUT2D eigenvalue weighted by Gasteiger charge is -2.21. The molecule has 0 spiro atoms. The molecule has 0 aliphatic carbocycles. The number of hydrogen-bond acceptors (Lipinski definition) is 14. The van der Waals surface area contributed by atoms with E-state index in [4.69, 9.17) is 32.3 Å². The normalized spacial score (nSPS) is 14.4. The Labute approximate surface area is 690 Å². The minimum Gasteiger partial charge on any atom is -0.463 e. The Hall–Kier alpha value is -4.31. The van der Waals surface area contributed by atoms with Crippen LogP contribution >= 0.6 is 15.6 Å². The summed E-state index contributed by atoms with van der Waals surface area (Å²) in [6.45, 7) is 2.55. The van der Waals surface area contributed by atoms with Gasteiger partial charge in [0.25, 0.3) is 0 Å². The van der Waals surface area contributed by atoms with Crippen LogP contribution in [0.2, 0.25) is 0 Å². The van der Waals surface area contributed by atoms with E-state index >= 15 is 0 Å². The summed E-state index contributed by atoms with van der Waals surface area (Å²) in [5.74, 6) is -1.58. The van der Waals surface area contributed by atoms with E-state index in [2.05, 4.69) is 154 Å². The summed E-state index contributed by atoms with van der Waals surface area (Å²) in [6, 6.07) is 0. The van der Waals surface area contributed by atoms with E-state index in [0.717, 1.165) is 135 Å². The molecule has 18 heteroatoms. The van der Waals surface area contributed by atoms with E-state index in [1.807, 2.05) is 0 Å². The molecule has 5 atom stereocenters. The van der Waals surface area contributed by atoms with Crippen molar-refractivity contribution >= 4 is 33.6 Å². The van der Waals surface area contributed by atoms with Gasteiger partial charge in [0, 0.05) is 19.3 Å². The first-order chi connectivity index (χ1) is 55.2. The first-order valence-corrected chi connectivity index (χ1v) is 48.5. The molecular weight excluding hydrogens is 1460 g/mol. The third-order valence-corrected chi connectivity index (χ3v) is 21.2. The van der Waals surface area contributed by atoms with Crippen molar-refractivity contribution in [2.45, 2.75) is 411 Å². The number of ether oxygens (including phenoxy) is 3. The van der Waals surface area contributed by atoms with Crippen LogP contribution in [0.25, 0.3) is 0 Å². The van der Waals surface area contributed by atoms with Gasteiger partial charge in [-0.2, -0.15) is 0 Å². The van der Waals surface area contributed by atoms with Gasteiger partial charge < -0.3 is 34.2 Å². The maximum Gasteiger partial charge on any atom is 0.472 e. The Kier molecular flexibility index (Phi) is 83.7. The molecule has 113 heavy (non-hydrogen) atoms. The van der Waals surface area contributed by atoms with E-state index in [-0.39, 0.29) is 19.3 Å². The summed E-state index contributed by atoms with van der Waals surface area (Å²) in [6.07, 6.45) is 108. The number of carbonyl (C=O) groups is 3. The van der Waals surface area contributed by atoms with Crippen molar-refractivity contribution in [2.75, 3.05) is 39.6 Å². The number of esters is 3. The van der Waals surface area contributed by atoms with Gasteiger partial charge in [-0.25, -0.2) is 9.13 Å². The maximum atomic E-state index is 13.0. The molecule has 0 aromatic carbocycles. The predicted molar refractivity (Wildman–Crippen MR) is 473 cm³/mol. The van der Waals surface area contributed by atoms with Gasteiger partial charge >= 0.3 is 33.6 Å². The second kappa shape index (κ2) is 87.0. The molecule has 0 saturated heterocycles. The minimum atomic E-state index is -4.94. The zero-order chi connectivity index (χ0) is 82.2. The quantitative estimate of drug-likeness (QED) is 0.0146. The van der Waals surface area contributed by atoms with Crippen LogP contribution < -0.4 is 0 Å². The fourth-order valence-corrected chi connectivity index (χ4v) is 14.0. The van der Waals surface area contributed by atoms with Crippen molar-refractivity contribution in [1.82, 2.24) is 0 Å². The molecule has 0 aromatic heterocycles. The van der Waals surface area contributed by atoms with Crippen LogP contribution in [0.3, 0.4) is 0 Å². The van der Waals surface area contributed by atoms with Crippen LogP contribution in [0.1, 0.15) is 393 Å². The lowest BCUT2D eigenvalue weighted by atomic mass is 10.0. The number of aliphatic hydroxyl groups is 2. The molecule has 0 aliphatic rings. The lowest BCUT2D eigenvalue weighted by molar-refractivity contribution is -0.161. The highest BCUT2D eigenvalue weighted by molar-refractivity contribution is 7.47. The summed E-state index contributed by atoms with van der Waals surface area (Å²) in [5.41, 5.74) is 0. The Bertz CT molecular complexity index is 2580. The summed E-state index contributed by atoms with van der Waals surface area (Å²) in [4.78, 5) is 58.9. The number of hydrogen-bond donors (Lipinski definition) is 4. The van der Waals surface area contributed by atoms with Crippen molar-refractivity contribution in [1.29, 1.82) is 0 Å². The number of phosphoric acid groups is 2. The Morgan fingerprint density at radius 1 is 0.257 bits per heavy atom. The van der Waals surface area contributed by atoms with Crippen LogP contribution in [-0.2, 0) is 55.8 Å². The van der Waals surface area contributed by atoms with Gasteiger partial charge in [-0.1, -0.05) is 366 Å². The number of unbranched alkanes of at least 4 members (excludes halogenated alkanes) is 41. The third-order valence-electron chi connectivity index (χ3n) is 19.3. The molecule has 0 radical (unpaired) electrons. The molecule has 0 heterocycles. The molecule has 5 unspecified atom stereocenters.